The van der Waals surface area contributed by atoms with Crippen LogP contribution in [0.25, 0.3) is 21.7 Å². The number of guanidine groups is 1. The van der Waals surface area contributed by atoms with Gasteiger partial charge in [0.1, 0.15) is 36.3 Å². The van der Waals surface area contributed by atoms with E-state index in [1.165, 1.54) is 19.4 Å². The largest absolute Gasteiger partial charge is 0.370 e. The molecular formula is C52H68N14O8. The number of hydrogen-bond donors (Lipinski definition) is 12. The fraction of sp³-hybridized carbons (Fsp3) is 0.423. The van der Waals surface area contributed by atoms with Gasteiger partial charge < -0.3 is 64.0 Å². The summed E-state index contributed by atoms with van der Waals surface area (Å²) < 4.78 is 0. The van der Waals surface area contributed by atoms with Crippen molar-refractivity contribution in [1.82, 2.24) is 57.5 Å². The molecule has 6 atom stereocenters. The number of carbonyl (C=O) groups is 8. The van der Waals surface area contributed by atoms with Crippen LogP contribution in [0.5, 0.6) is 0 Å². The molecular weight excluding hydrogens is 949 g/mol. The molecule has 0 bridgehead atoms. The summed E-state index contributed by atoms with van der Waals surface area (Å²) in [5.41, 5.74) is 13.9. The minimum absolute atomic E-state index is 0.0129. The molecule has 8 amide bonds. The number of para-hydroxylation sites is 1. The van der Waals surface area contributed by atoms with Gasteiger partial charge in [-0.05, 0) is 60.1 Å². The molecule has 22 nitrogen and oxygen atoms in total. The zero-order chi connectivity index (χ0) is 53.0. The Bertz CT molecular complexity index is 2770. The molecule has 22 heteroatoms. The van der Waals surface area contributed by atoms with Gasteiger partial charge >= 0.3 is 0 Å². The van der Waals surface area contributed by atoms with Crippen LogP contribution in [0.15, 0.2) is 90.4 Å². The molecule has 1 fully saturated rings. The standard InChI is InChI=1S/C52H68N14O8/c1-3-4-14-39(61-31(2)67)47(70)63-41-19-20-45(68)56-22-10-23-57-46(69)43(26-35-28-59-38-15-8-7-13-37(35)38)65-48(71)40(16-9-21-58-52(53)54)62-50(73)42(25-32-17-18-33-11-5-6-12-34(33)24-32)64-51(74)44(66-49(41)72)27-36-29-55-30-60-36/h5-8,11-13,15,17-18,24,28-30,39-44,59H,3-4,9-10,14,16,19-23,25-27H2,1-2H3,(H,55,60)(H,56,68)(H,57,69)(H,61,67)(H,62,73)(H,63,70)(H,64,74)(H,65,71)(H,66,72)(H4,53,54,58)/t39-,40-,41-,42+,43+,44-/m0/s1. The predicted molar refractivity (Wildman–Crippen MR) is 279 cm³/mol. The van der Waals surface area contributed by atoms with Crippen LogP contribution < -0.4 is 54.0 Å². The van der Waals surface area contributed by atoms with Crippen LogP contribution in [0, 0.1) is 0 Å². The maximum atomic E-state index is 14.9. The van der Waals surface area contributed by atoms with E-state index in [0.29, 0.717) is 17.7 Å². The summed E-state index contributed by atoms with van der Waals surface area (Å²) in [6.45, 7) is 3.54. The Labute approximate surface area is 428 Å². The van der Waals surface area contributed by atoms with Crippen molar-refractivity contribution in [3.63, 3.8) is 0 Å². The van der Waals surface area contributed by atoms with Gasteiger partial charge in [0.05, 0.1) is 6.33 Å². The number of carbonyl (C=O) groups excluding carboxylic acids is 8. The van der Waals surface area contributed by atoms with Crippen LogP contribution >= 0.6 is 0 Å². The summed E-state index contributed by atoms with van der Waals surface area (Å²) in [6.07, 6.45) is 6.15. The number of rotatable bonds is 16. The zero-order valence-corrected chi connectivity index (χ0v) is 41.8. The number of unbranched alkanes of at least 4 members (excludes halogenated alkanes) is 1. The maximum Gasteiger partial charge on any atom is 0.243 e. The molecule has 3 aromatic carbocycles. The van der Waals surface area contributed by atoms with Crippen molar-refractivity contribution in [2.24, 2.45) is 16.5 Å². The average molecular weight is 1020 g/mol. The van der Waals surface area contributed by atoms with E-state index in [0.717, 1.165) is 33.7 Å². The van der Waals surface area contributed by atoms with E-state index in [2.05, 4.69) is 62.5 Å². The number of hydrogen-bond acceptors (Lipinski definition) is 10. The number of nitrogens with zero attached hydrogens (tertiary/aromatic N) is 2. The van der Waals surface area contributed by atoms with Gasteiger partial charge in [0.25, 0.3) is 0 Å². The Morgan fingerprint density at radius 3 is 2.16 bits per heavy atom. The molecule has 0 aliphatic carbocycles. The third-order valence-corrected chi connectivity index (χ3v) is 12.6. The van der Waals surface area contributed by atoms with Crippen molar-refractivity contribution in [2.75, 3.05) is 19.6 Å². The number of aromatic nitrogens is 3. The Kier molecular flexibility index (Phi) is 20.5. The number of aliphatic imine (C=N–C) groups is 1. The highest BCUT2D eigenvalue weighted by Gasteiger charge is 2.34. The van der Waals surface area contributed by atoms with Crippen molar-refractivity contribution in [3.8, 4) is 0 Å². The molecule has 394 valence electrons. The average Bonchev–Trinajstić information content (AvgIpc) is 4.06. The molecule has 6 rings (SSSR count). The normalized spacial score (nSPS) is 20.3. The van der Waals surface area contributed by atoms with Crippen LogP contribution in [0.4, 0.5) is 0 Å². The zero-order valence-electron chi connectivity index (χ0n) is 41.8. The Morgan fingerprint density at radius 1 is 0.757 bits per heavy atom. The third-order valence-electron chi connectivity index (χ3n) is 12.6. The molecule has 14 N–H and O–H groups in total. The molecule has 3 heterocycles. The number of nitrogens with two attached hydrogens (primary N) is 2. The summed E-state index contributed by atoms with van der Waals surface area (Å²) in [4.78, 5) is 126. The van der Waals surface area contributed by atoms with E-state index >= 15 is 0 Å². The Morgan fingerprint density at radius 2 is 1.43 bits per heavy atom. The van der Waals surface area contributed by atoms with Crippen molar-refractivity contribution < 1.29 is 38.4 Å². The fourth-order valence-corrected chi connectivity index (χ4v) is 8.71. The second-order valence-electron chi connectivity index (χ2n) is 18.4. The Balaban J connectivity index is 1.37. The molecule has 0 spiro atoms. The smallest absolute Gasteiger partial charge is 0.243 e. The lowest BCUT2D eigenvalue weighted by atomic mass is 9.99. The summed E-state index contributed by atoms with van der Waals surface area (Å²) >= 11 is 0. The number of aromatic amines is 2. The molecule has 5 aromatic rings. The molecule has 1 aliphatic rings. The van der Waals surface area contributed by atoms with E-state index in [1.54, 1.807) is 6.20 Å². The number of amides is 8. The second kappa shape index (κ2) is 27.5. The first-order chi connectivity index (χ1) is 35.7. The van der Waals surface area contributed by atoms with Crippen molar-refractivity contribution in [1.29, 1.82) is 0 Å². The number of nitrogens with one attached hydrogen (secondary N) is 10. The monoisotopic (exact) mass is 1020 g/mol. The summed E-state index contributed by atoms with van der Waals surface area (Å²) in [6, 6.07) is 13.2. The van der Waals surface area contributed by atoms with E-state index < -0.39 is 83.5 Å². The predicted octanol–water partition coefficient (Wildman–Crippen LogP) is 0.661. The van der Waals surface area contributed by atoms with E-state index in [4.69, 9.17) is 11.5 Å². The quantitative estimate of drug-likeness (QED) is 0.0370. The minimum atomic E-state index is -1.39. The highest BCUT2D eigenvalue weighted by Crippen LogP contribution is 2.21. The first kappa shape index (κ1) is 55.0. The topological polar surface area (TPSA) is 342 Å². The van der Waals surface area contributed by atoms with Crippen LogP contribution in [0.2, 0.25) is 0 Å². The summed E-state index contributed by atoms with van der Waals surface area (Å²) in [5.74, 6) is -5.33. The summed E-state index contributed by atoms with van der Waals surface area (Å²) in [5, 5.41) is 25.0. The highest BCUT2D eigenvalue weighted by molar-refractivity contribution is 5.98. The molecule has 1 saturated heterocycles. The number of imidazole rings is 1. The van der Waals surface area contributed by atoms with Crippen molar-refractivity contribution >= 4 is 74.9 Å². The SMILES string of the molecule is CCCC[C@H](NC(C)=O)C(=O)N[C@H]1CCC(=O)NCCCNC(=O)[C@@H](Cc2c[nH]c3ccccc23)NC(=O)[C@H](CCCN=C(N)N)NC(=O)[C@@H](Cc2ccc3ccccc3c2)NC(=O)[C@H](Cc2cnc[nH]2)NC1=O. The number of fused-ring (bicyclic) bond motifs is 2. The van der Waals surface area contributed by atoms with Crippen LogP contribution in [-0.2, 0) is 57.6 Å². The van der Waals surface area contributed by atoms with Gasteiger partial charge in [0.15, 0.2) is 5.96 Å². The number of benzene rings is 3. The van der Waals surface area contributed by atoms with Crippen molar-refractivity contribution in [2.45, 2.75) is 121 Å². The Hall–Kier alpha value is -8.30. The molecule has 0 radical (unpaired) electrons. The van der Waals surface area contributed by atoms with Crippen LogP contribution in [-0.4, -0.2) is 124 Å². The number of H-pyrrole nitrogens is 2. The van der Waals surface area contributed by atoms with Crippen LogP contribution in [0.3, 0.4) is 0 Å². The van der Waals surface area contributed by atoms with Gasteiger partial charge in [-0.15, -0.1) is 0 Å². The van der Waals surface area contributed by atoms with E-state index in [9.17, 15) is 38.4 Å². The first-order valence-electron chi connectivity index (χ1n) is 25.1. The van der Waals surface area contributed by atoms with Crippen molar-refractivity contribution in [3.05, 3.63) is 102 Å². The van der Waals surface area contributed by atoms with E-state index in [1.807, 2.05) is 73.7 Å². The molecule has 1 aliphatic heterocycles. The van der Waals surface area contributed by atoms with Gasteiger partial charge in [-0.2, -0.15) is 0 Å². The second-order valence-corrected chi connectivity index (χ2v) is 18.4. The minimum Gasteiger partial charge on any atom is -0.370 e. The fourth-order valence-electron chi connectivity index (χ4n) is 8.71. The van der Waals surface area contributed by atoms with Crippen LogP contribution in [0.1, 0.15) is 82.0 Å². The maximum absolute atomic E-state index is 14.9. The summed E-state index contributed by atoms with van der Waals surface area (Å²) in [7, 11) is 0. The van der Waals surface area contributed by atoms with Gasteiger partial charge in [0.2, 0.25) is 47.3 Å². The lowest BCUT2D eigenvalue weighted by molar-refractivity contribution is -0.135. The third kappa shape index (κ3) is 16.6. The van der Waals surface area contributed by atoms with Gasteiger partial charge in [0, 0.05) is 81.2 Å². The van der Waals surface area contributed by atoms with Gasteiger partial charge in [-0.3, -0.25) is 43.3 Å². The highest BCUT2D eigenvalue weighted by atomic mass is 16.2. The first-order valence-corrected chi connectivity index (χ1v) is 25.1. The lowest BCUT2D eigenvalue weighted by Gasteiger charge is -2.28. The van der Waals surface area contributed by atoms with Gasteiger partial charge in [-0.1, -0.05) is 80.4 Å². The molecule has 2 aromatic heterocycles. The molecule has 74 heavy (non-hydrogen) atoms. The molecule has 0 saturated carbocycles. The molecule has 0 unspecified atom stereocenters. The van der Waals surface area contributed by atoms with E-state index in [-0.39, 0.29) is 83.4 Å². The van der Waals surface area contributed by atoms with Gasteiger partial charge in [-0.25, -0.2) is 4.98 Å². The lowest BCUT2D eigenvalue weighted by Crippen LogP contribution is -2.60.